The Morgan fingerprint density at radius 3 is 2.50 bits per heavy atom. The first-order valence-corrected chi connectivity index (χ1v) is 7.29. The van der Waals surface area contributed by atoms with Crippen LogP contribution in [0.4, 0.5) is 4.39 Å². The zero-order chi connectivity index (χ0) is 13.3. The van der Waals surface area contributed by atoms with Gasteiger partial charge >= 0.3 is 0 Å². The van der Waals surface area contributed by atoms with Gasteiger partial charge in [-0.1, -0.05) is 0 Å². The quantitative estimate of drug-likeness (QED) is 0.883. The van der Waals surface area contributed by atoms with Crippen LogP contribution in [0.2, 0.25) is 0 Å². The number of aliphatic hydroxyl groups is 1. The maximum atomic E-state index is 13.0. The highest BCUT2D eigenvalue weighted by molar-refractivity contribution is 7.89. The molecule has 0 unspecified atom stereocenters. The van der Waals surface area contributed by atoms with E-state index >= 15 is 0 Å². The number of piperidine rings is 1. The molecule has 1 aromatic rings. The molecular formula is C12H16FNO3S. The summed E-state index contributed by atoms with van der Waals surface area (Å²) in [4.78, 5) is 0.139. The predicted molar refractivity (Wildman–Crippen MR) is 65.1 cm³/mol. The molecule has 0 amide bonds. The minimum absolute atomic E-state index is 0.139. The molecule has 0 spiro atoms. The van der Waals surface area contributed by atoms with Crippen LogP contribution in [-0.2, 0) is 10.0 Å². The molecule has 1 aliphatic heterocycles. The van der Waals surface area contributed by atoms with Crippen molar-refractivity contribution in [3.8, 4) is 0 Å². The summed E-state index contributed by atoms with van der Waals surface area (Å²) in [5.41, 5.74) is 0.404. The monoisotopic (exact) mass is 273 g/mol. The third kappa shape index (κ3) is 2.55. The molecule has 0 bridgehead atoms. The molecule has 1 aliphatic rings. The minimum Gasteiger partial charge on any atom is -0.393 e. The molecule has 1 saturated heterocycles. The van der Waals surface area contributed by atoms with Crippen LogP contribution in [0.3, 0.4) is 0 Å². The third-order valence-electron chi connectivity index (χ3n) is 3.18. The van der Waals surface area contributed by atoms with Crippen LogP contribution in [-0.4, -0.2) is 37.0 Å². The molecule has 1 aromatic carbocycles. The lowest BCUT2D eigenvalue weighted by molar-refractivity contribution is 0.113. The molecule has 1 fully saturated rings. The van der Waals surface area contributed by atoms with Crippen molar-refractivity contribution in [3.05, 3.63) is 29.6 Å². The van der Waals surface area contributed by atoms with Crippen LogP contribution < -0.4 is 0 Å². The van der Waals surface area contributed by atoms with Gasteiger partial charge in [-0.15, -0.1) is 0 Å². The van der Waals surface area contributed by atoms with Crippen molar-refractivity contribution < 1.29 is 17.9 Å². The van der Waals surface area contributed by atoms with E-state index in [1.807, 2.05) is 0 Å². The van der Waals surface area contributed by atoms with E-state index in [9.17, 15) is 17.9 Å². The van der Waals surface area contributed by atoms with Crippen molar-refractivity contribution >= 4 is 10.0 Å². The fourth-order valence-corrected chi connectivity index (χ4v) is 3.80. The second-order valence-corrected chi connectivity index (χ2v) is 6.45. The fraction of sp³-hybridized carbons (Fsp3) is 0.500. The maximum Gasteiger partial charge on any atom is 0.243 e. The lowest BCUT2D eigenvalue weighted by Gasteiger charge is -2.29. The molecular weight excluding hydrogens is 257 g/mol. The summed E-state index contributed by atoms with van der Waals surface area (Å²) in [6.07, 6.45) is 0.463. The third-order valence-corrected chi connectivity index (χ3v) is 5.24. The molecule has 0 aromatic heterocycles. The van der Waals surface area contributed by atoms with Crippen molar-refractivity contribution in [2.45, 2.75) is 30.8 Å². The van der Waals surface area contributed by atoms with E-state index in [-0.39, 0.29) is 4.90 Å². The largest absolute Gasteiger partial charge is 0.393 e. The zero-order valence-corrected chi connectivity index (χ0v) is 11.0. The average Bonchev–Trinajstić information content (AvgIpc) is 2.29. The van der Waals surface area contributed by atoms with Gasteiger partial charge in [0.2, 0.25) is 10.0 Å². The van der Waals surface area contributed by atoms with E-state index in [1.165, 1.54) is 16.4 Å². The summed E-state index contributed by atoms with van der Waals surface area (Å²) < 4.78 is 39.0. The lowest BCUT2D eigenvalue weighted by Crippen LogP contribution is -2.40. The van der Waals surface area contributed by atoms with Crippen LogP contribution in [0.25, 0.3) is 0 Å². The summed E-state index contributed by atoms with van der Waals surface area (Å²) in [6, 6.07) is 3.66. The van der Waals surface area contributed by atoms with E-state index in [2.05, 4.69) is 0 Å². The SMILES string of the molecule is Cc1cc(F)ccc1S(=O)(=O)N1CCC(O)CC1. The molecule has 0 aliphatic carbocycles. The Bertz CT molecular complexity index is 536. The second kappa shape index (κ2) is 4.95. The number of nitrogens with zero attached hydrogens (tertiary/aromatic N) is 1. The number of hydrogen-bond acceptors (Lipinski definition) is 3. The molecule has 1 N–H and O–H groups in total. The van der Waals surface area contributed by atoms with Gasteiger partial charge in [-0.2, -0.15) is 4.31 Å². The Labute approximate surface area is 106 Å². The van der Waals surface area contributed by atoms with Crippen molar-refractivity contribution in [2.75, 3.05) is 13.1 Å². The number of rotatable bonds is 2. The Hall–Kier alpha value is -0.980. The summed E-state index contributed by atoms with van der Waals surface area (Å²) in [6.45, 7) is 2.19. The van der Waals surface area contributed by atoms with Gasteiger partial charge in [0, 0.05) is 13.1 Å². The normalized spacial score (nSPS) is 19.1. The number of halogens is 1. The smallest absolute Gasteiger partial charge is 0.243 e. The molecule has 0 saturated carbocycles. The number of aliphatic hydroxyl groups excluding tert-OH is 1. The molecule has 18 heavy (non-hydrogen) atoms. The summed E-state index contributed by atoms with van der Waals surface area (Å²) in [7, 11) is -3.58. The van der Waals surface area contributed by atoms with Crippen LogP contribution in [0.5, 0.6) is 0 Å². The highest BCUT2D eigenvalue weighted by atomic mass is 32.2. The van der Waals surface area contributed by atoms with Gasteiger partial charge in [0.05, 0.1) is 11.0 Å². The molecule has 0 radical (unpaired) electrons. The Kier molecular flexibility index (Phi) is 3.70. The van der Waals surface area contributed by atoms with E-state index in [0.717, 1.165) is 6.07 Å². The van der Waals surface area contributed by atoms with Gasteiger partial charge in [-0.25, -0.2) is 12.8 Å². The van der Waals surface area contributed by atoms with Crippen molar-refractivity contribution in [3.63, 3.8) is 0 Å². The van der Waals surface area contributed by atoms with Gasteiger partial charge < -0.3 is 5.11 Å². The zero-order valence-electron chi connectivity index (χ0n) is 10.1. The number of benzene rings is 1. The standard InChI is InChI=1S/C12H16FNO3S/c1-9-8-10(13)2-3-12(9)18(16,17)14-6-4-11(15)5-7-14/h2-3,8,11,15H,4-7H2,1H3. The fourth-order valence-electron chi connectivity index (χ4n) is 2.12. The summed E-state index contributed by atoms with van der Waals surface area (Å²) in [5, 5.41) is 9.38. The topological polar surface area (TPSA) is 57.6 Å². The molecule has 4 nitrogen and oxygen atoms in total. The molecule has 100 valence electrons. The van der Waals surface area contributed by atoms with E-state index in [1.54, 1.807) is 6.92 Å². The molecule has 1 heterocycles. The van der Waals surface area contributed by atoms with E-state index in [4.69, 9.17) is 0 Å². The van der Waals surface area contributed by atoms with Gasteiger partial charge in [-0.3, -0.25) is 0 Å². The number of sulfonamides is 1. The Morgan fingerprint density at radius 1 is 1.33 bits per heavy atom. The highest BCUT2D eigenvalue weighted by Gasteiger charge is 2.29. The van der Waals surface area contributed by atoms with E-state index < -0.39 is 21.9 Å². The van der Waals surface area contributed by atoms with Crippen LogP contribution in [0.1, 0.15) is 18.4 Å². The Balaban J connectivity index is 2.30. The van der Waals surface area contributed by atoms with Crippen molar-refractivity contribution in [1.82, 2.24) is 4.31 Å². The van der Waals surface area contributed by atoms with Crippen molar-refractivity contribution in [1.29, 1.82) is 0 Å². The van der Waals surface area contributed by atoms with Gasteiger partial charge in [-0.05, 0) is 43.5 Å². The first-order chi connectivity index (χ1) is 8.41. The minimum atomic E-state index is -3.58. The molecule has 6 heteroatoms. The summed E-state index contributed by atoms with van der Waals surface area (Å²) >= 11 is 0. The van der Waals surface area contributed by atoms with Crippen LogP contribution >= 0.6 is 0 Å². The second-order valence-electron chi connectivity index (χ2n) is 4.55. The van der Waals surface area contributed by atoms with E-state index in [0.29, 0.717) is 31.5 Å². The first kappa shape index (κ1) is 13.5. The van der Waals surface area contributed by atoms with Crippen LogP contribution in [0, 0.1) is 12.7 Å². The molecule has 0 atom stereocenters. The van der Waals surface area contributed by atoms with Gasteiger partial charge in [0.15, 0.2) is 0 Å². The maximum absolute atomic E-state index is 13.0. The average molecular weight is 273 g/mol. The molecule has 2 rings (SSSR count). The van der Waals surface area contributed by atoms with Crippen LogP contribution in [0.15, 0.2) is 23.1 Å². The Morgan fingerprint density at radius 2 is 1.94 bits per heavy atom. The predicted octanol–water partition coefficient (Wildman–Crippen LogP) is 1.28. The van der Waals surface area contributed by atoms with Gasteiger partial charge in [0.25, 0.3) is 0 Å². The van der Waals surface area contributed by atoms with Crippen molar-refractivity contribution in [2.24, 2.45) is 0 Å². The summed E-state index contributed by atoms with van der Waals surface area (Å²) in [5.74, 6) is -0.444. The van der Waals surface area contributed by atoms with Gasteiger partial charge in [0.1, 0.15) is 5.82 Å². The lowest BCUT2D eigenvalue weighted by atomic mass is 10.1. The first-order valence-electron chi connectivity index (χ1n) is 5.85. The number of hydrogen-bond donors (Lipinski definition) is 1. The number of aryl methyl sites for hydroxylation is 1. The highest BCUT2D eigenvalue weighted by Crippen LogP contribution is 2.23.